The molecule has 150 valence electrons. The normalized spacial score (nSPS) is 11.8. The fourth-order valence-corrected chi connectivity index (χ4v) is 3.82. The molecule has 4 heteroatoms. The van der Waals surface area contributed by atoms with E-state index >= 15 is 0 Å². The van der Waals surface area contributed by atoms with Crippen LogP contribution < -0.4 is 10.6 Å². The average Bonchev–Trinajstić information content (AvgIpc) is 2.75. The number of anilines is 1. The summed E-state index contributed by atoms with van der Waals surface area (Å²) in [6, 6.07) is 23.9. The predicted molar refractivity (Wildman–Crippen MR) is 123 cm³/mol. The summed E-state index contributed by atoms with van der Waals surface area (Å²) in [5.41, 5.74) is 5.50. The molecule has 3 aromatic carbocycles. The SMILES string of the molecule is Cc1ccccc1CC(NC(=O)Nc1cccc2cnccc12)c1ccccc1C. The van der Waals surface area contributed by atoms with Crippen molar-refractivity contribution in [2.75, 3.05) is 5.32 Å². The van der Waals surface area contributed by atoms with E-state index in [4.69, 9.17) is 0 Å². The molecular weight excluding hydrogens is 370 g/mol. The molecule has 4 nitrogen and oxygen atoms in total. The van der Waals surface area contributed by atoms with Crippen molar-refractivity contribution in [1.82, 2.24) is 10.3 Å². The van der Waals surface area contributed by atoms with Gasteiger partial charge in [0.05, 0.1) is 11.7 Å². The molecule has 30 heavy (non-hydrogen) atoms. The Morgan fingerprint density at radius 3 is 2.47 bits per heavy atom. The van der Waals surface area contributed by atoms with Crippen molar-refractivity contribution >= 4 is 22.5 Å². The number of nitrogens with one attached hydrogen (secondary N) is 2. The van der Waals surface area contributed by atoms with Crippen molar-refractivity contribution in [3.05, 3.63) is 107 Å². The first kappa shape index (κ1) is 19.6. The first-order valence-corrected chi connectivity index (χ1v) is 10.1. The van der Waals surface area contributed by atoms with E-state index in [1.54, 1.807) is 12.4 Å². The van der Waals surface area contributed by atoms with E-state index in [2.05, 4.69) is 53.7 Å². The van der Waals surface area contributed by atoms with E-state index in [1.165, 1.54) is 11.1 Å². The molecule has 0 saturated carbocycles. The van der Waals surface area contributed by atoms with Crippen molar-refractivity contribution in [2.24, 2.45) is 0 Å². The van der Waals surface area contributed by atoms with E-state index in [-0.39, 0.29) is 12.1 Å². The number of aryl methyl sites for hydroxylation is 2. The molecule has 2 N–H and O–H groups in total. The standard InChI is InChI=1S/C26H25N3O/c1-18-8-3-5-10-20(18)16-25(22-12-6-4-9-19(22)2)29-26(30)28-24-13-7-11-21-17-27-15-14-23(21)24/h3-15,17,25H,16H2,1-2H3,(H2,28,29,30). The third-order valence-electron chi connectivity index (χ3n) is 5.48. The number of benzene rings is 3. The smallest absolute Gasteiger partial charge is 0.319 e. The third kappa shape index (κ3) is 4.33. The number of carbonyl (C=O) groups is 1. The Kier molecular flexibility index (Phi) is 5.75. The van der Waals surface area contributed by atoms with Gasteiger partial charge in [0.2, 0.25) is 0 Å². The number of nitrogens with zero attached hydrogens (tertiary/aromatic N) is 1. The Balaban J connectivity index is 1.60. The second-order valence-corrected chi connectivity index (χ2v) is 7.54. The molecule has 1 aromatic heterocycles. The molecule has 0 aliphatic heterocycles. The number of hydrogen-bond donors (Lipinski definition) is 2. The number of rotatable bonds is 5. The van der Waals surface area contributed by atoms with Crippen LogP contribution in [-0.2, 0) is 6.42 Å². The van der Waals surface area contributed by atoms with Gasteiger partial charge in [-0.2, -0.15) is 0 Å². The molecule has 0 aliphatic carbocycles. The van der Waals surface area contributed by atoms with E-state index in [0.717, 1.165) is 34.0 Å². The van der Waals surface area contributed by atoms with Crippen LogP contribution >= 0.6 is 0 Å². The van der Waals surface area contributed by atoms with Gasteiger partial charge in [-0.1, -0.05) is 60.7 Å². The van der Waals surface area contributed by atoms with Gasteiger partial charge >= 0.3 is 6.03 Å². The van der Waals surface area contributed by atoms with E-state index < -0.39 is 0 Å². The van der Waals surface area contributed by atoms with Crippen LogP contribution in [0.2, 0.25) is 0 Å². The van der Waals surface area contributed by atoms with Gasteiger partial charge in [0.1, 0.15) is 0 Å². The maximum Gasteiger partial charge on any atom is 0.319 e. The lowest BCUT2D eigenvalue weighted by molar-refractivity contribution is 0.248. The molecule has 1 heterocycles. The summed E-state index contributed by atoms with van der Waals surface area (Å²) in [6.07, 6.45) is 4.26. The van der Waals surface area contributed by atoms with Crippen LogP contribution in [0.15, 0.2) is 85.2 Å². The summed E-state index contributed by atoms with van der Waals surface area (Å²) < 4.78 is 0. The van der Waals surface area contributed by atoms with Crippen LogP contribution in [0.5, 0.6) is 0 Å². The largest absolute Gasteiger partial charge is 0.331 e. The monoisotopic (exact) mass is 395 g/mol. The lowest BCUT2D eigenvalue weighted by atomic mass is 9.93. The highest BCUT2D eigenvalue weighted by molar-refractivity contribution is 6.01. The number of carbonyl (C=O) groups excluding carboxylic acids is 1. The first-order chi connectivity index (χ1) is 14.6. The molecule has 1 unspecified atom stereocenters. The molecular formula is C26H25N3O. The minimum atomic E-state index is -0.221. The van der Waals surface area contributed by atoms with Crippen LogP contribution in [0.4, 0.5) is 10.5 Å². The molecule has 1 atom stereocenters. The van der Waals surface area contributed by atoms with Crippen molar-refractivity contribution in [2.45, 2.75) is 26.3 Å². The van der Waals surface area contributed by atoms with Gasteiger partial charge in [0, 0.05) is 23.2 Å². The Hall–Kier alpha value is -3.66. The number of amides is 2. The average molecular weight is 396 g/mol. The Bertz CT molecular complexity index is 1180. The van der Waals surface area contributed by atoms with Gasteiger partial charge in [-0.05, 0) is 54.7 Å². The number of hydrogen-bond acceptors (Lipinski definition) is 2. The summed E-state index contributed by atoms with van der Waals surface area (Å²) in [4.78, 5) is 17.1. The van der Waals surface area contributed by atoms with E-state index in [9.17, 15) is 4.79 Å². The number of urea groups is 1. The highest BCUT2D eigenvalue weighted by Gasteiger charge is 2.18. The van der Waals surface area contributed by atoms with Crippen LogP contribution in [0.3, 0.4) is 0 Å². The van der Waals surface area contributed by atoms with Crippen LogP contribution in [0.25, 0.3) is 10.8 Å². The van der Waals surface area contributed by atoms with Gasteiger partial charge in [-0.15, -0.1) is 0 Å². The van der Waals surface area contributed by atoms with Crippen molar-refractivity contribution in [3.8, 4) is 0 Å². The summed E-state index contributed by atoms with van der Waals surface area (Å²) in [7, 11) is 0. The summed E-state index contributed by atoms with van der Waals surface area (Å²) in [5.74, 6) is 0. The van der Waals surface area contributed by atoms with E-state index in [0.29, 0.717) is 0 Å². The van der Waals surface area contributed by atoms with Gasteiger partial charge in [-0.25, -0.2) is 4.79 Å². The maximum atomic E-state index is 13.0. The summed E-state index contributed by atoms with van der Waals surface area (Å²) >= 11 is 0. The first-order valence-electron chi connectivity index (χ1n) is 10.1. The second-order valence-electron chi connectivity index (χ2n) is 7.54. The molecule has 0 radical (unpaired) electrons. The Morgan fingerprint density at radius 2 is 1.67 bits per heavy atom. The molecule has 4 aromatic rings. The second kappa shape index (κ2) is 8.78. The van der Waals surface area contributed by atoms with Crippen LogP contribution in [-0.4, -0.2) is 11.0 Å². The summed E-state index contributed by atoms with van der Waals surface area (Å²) in [6.45, 7) is 4.19. The van der Waals surface area contributed by atoms with Gasteiger partial charge in [0.25, 0.3) is 0 Å². The maximum absolute atomic E-state index is 13.0. The highest BCUT2D eigenvalue weighted by Crippen LogP contribution is 2.25. The lowest BCUT2D eigenvalue weighted by Crippen LogP contribution is -2.34. The van der Waals surface area contributed by atoms with Gasteiger partial charge in [-0.3, -0.25) is 4.98 Å². The fourth-order valence-electron chi connectivity index (χ4n) is 3.82. The molecule has 0 bridgehead atoms. The zero-order valence-corrected chi connectivity index (χ0v) is 17.2. The minimum Gasteiger partial charge on any atom is -0.331 e. The number of fused-ring (bicyclic) bond motifs is 1. The topological polar surface area (TPSA) is 54.0 Å². The minimum absolute atomic E-state index is 0.135. The lowest BCUT2D eigenvalue weighted by Gasteiger charge is -2.22. The van der Waals surface area contributed by atoms with Gasteiger partial charge < -0.3 is 10.6 Å². The van der Waals surface area contributed by atoms with Crippen LogP contribution in [0.1, 0.15) is 28.3 Å². The van der Waals surface area contributed by atoms with Crippen molar-refractivity contribution in [1.29, 1.82) is 0 Å². The predicted octanol–water partition coefficient (Wildman–Crippen LogP) is 5.96. The third-order valence-corrected chi connectivity index (χ3v) is 5.48. The molecule has 2 amide bonds. The molecule has 0 aliphatic rings. The van der Waals surface area contributed by atoms with Crippen molar-refractivity contribution < 1.29 is 4.79 Å². The van der Waals surface area contributed by atoms with Gasteiger partial charge in [0.15, 0.2) is 0 Å². The molecule has 4 rings (SSSR count). The quantitative estimate of drug-likeness (QED) is 0.438. The molecule has 0 fully saturated rings. The number of pyridine rings is 1. The highest BCUT2D eigenvalue weighted by atomic mass is 16.2. The fraction of sp³-hybridized carbons (Fsp3) is 0.154. The number of aromatic nitrogens is 1. The van der Waals surface area contributed by atoms with Crippen LogP contribution in [0, 0.1) is 13.8 Å². The van der Waals surface area contributed by atoms with Crippen molar-refractivity contribution in [3.63, 3.8) is 0 Å². The zero-order chi connectivity index (χ0) is 20.9. The molecule has 0 saturated heterocycles. The zero-order valence-electron chi connectivity index (χ0n) is 17.2. The van der Waals surface area contributed by atoms with E-state index in [1.807, 2.05) is 48.5 Å². The Labute approximate surface area is 177 Å². The molecule has 0 spiro atoms. The summed E-state index contributed by atoms with van der Waals surface area (Å²) in [5, 5.41) is 8.18. The Morgan fingerprint density at radius 1 is 0.900 bits per heavy atom.